The number of carboxylic acids is 1. The summed E-state index contributed by atoms with van der Waals surface area (Å²) < 4.78 is 6.00. The Morgan fingerprint density at radius 2 is 1.94 bits per heavy atom. The zero-order chi connectivity index (χ0) is 23.6. The molecule has 180 valence electrons. The molecule has 0 aliphatic heterocycles. The molecule has 1 aliphatic carbocycles. The first-order valence-corrected chi connectivity index (χ1v) is 13.3. The van der Waals surface area contributed by atoms with Crippen LogP contribution in [-0.4, -0.2) is 52.4 Å². The lowest BCUT2D eigenvalue weighted by molar-refractivity contribution is -0.133. The van der Waals surface area contributed by atoms with Crippen LogP contribution in [0.1, 0.15) is 51.0 Å². The highest BCUT2D eigenvalue weighted by atomic mass is 32.2. The minimum Gasteiger partial charge on any atom is -0.497 e. The zero-order valence-corrected chi connectivity index (χ0v) is 20.9. The number of urea groups is 1. The van der Waals surface area contributed by atoms with Gasteiger partial charge in [0.15, 0.2) is 5.13 Å². The van der Waals surface area contributed by atoms with Crippen molar-refractivity contribution >= 4 is 40.2 Å². The predicted molar refractivity (Wildman–Crippen MR) is 134 cm³/mol. The van der Waals surface area contributed by atoms with Crippen LogP contribution in [0.15, 0.2) is 34.7 Å². The number of hydrogen-bond donors (Lipinski definition) is 2. The second-order valence-electron chi connectivity index (χ2n) is 8.51. The van der Waals surface area contributed by atoms with Crippen molar-refractivity contribution in [2.45, 2.75) is 62.1 Å². The van der Waals surface area contributed by atoms with E-state index in [9.17, 15) is 9.59 Å². The third-order valence-corrected chi connectivity index (χ3v) is 8.09. The van der Waals surface area contributed by atoms with Crippen molar-refractivity contribution in [2.24, 2.45) is 5.92 Å². The minimum atomic E-state index is -0.869. The first kappa shape index (κ1) is 25.4. The Morgan fingerprint density at radius 3 is 2.61 bits per heavy atom. The number of carboxylic acid groups (broad SMARTS) is 1. The van der Waals surface area contributed by atoms with Crippen LogP contribution in [-0.2, 0) is 11.2 Å². The Bertz CT molecular complexity index is 895. The van der Waals surface area contributed by atoms with Crippen LogP contribution in [0, 0.1) is 5.92 Å². The average molecular weight is 492 g/mol. The topological polar surface area (TPSA) is 91.8 Å². The fourth-order valence-electron chi connectivity index (χ4n) is 4.09. The highest BCUT2D eigenvalue weighted by molar-refractivity contribution is 8.01. The number of unbranched alkanes of at least 4 members (excludes halogenated alkanes) is 1. The van der Waals surface area contributed by atoms with Crippen molar-refractivity contribution in [2.75, 3.05) is 24.7 Å². The Hall–Kier alpha value is -2.26. The van der Waals surface area contributed by atoms with Gasteiger partial charge in [-0.1, -0.05) is 30.4 Å². The molecular formula is C24H33N3O4S2. The molecule has 2 N–H and O–H groups in total. The summed E-state index contributed by atoms with van der Waals surface area (Å²) in [6.45, 7) is 2.99. The summed E-state index contributed by atoms with van der Waals surface area (Å²) in [7, 11) is 1.67. The van der Waals surface area contributed by atoms with E-state index in [0.29, 0.717) is 17.6 Å². The molecular weight excluding hydrogens is 458 g/mol. The number of thiazole rings is 1. The number of benzene rings is 1. The van der Waals surface area contributed by atoms with E-state index in [1.54, 1.807) is 13.3 Å². The van der Waals surface area contributed by atoms with Crippen molar-refractivity contribution in [3.63, 3.8) is 0 Å². The van der Waals surface area contributed by atoms with E-state index >= 15 is 0 Å². The Kier molecular flexibility index (Phi) is 9.87. The average Bonchev–Trinajstić information content (AvgIpc) is 3.26. The Labute approximate surface area is 203 Å². The van der Waals surface area contributed by atoms with Crippen molar-refractivity contribution in [1.29, 1.82) is 0 Å². The van der Waals surface area contributed by atoms with Gasteiger partial charge in [-0.15, -0.1) is 11.8 Å². The van der Waals surface area contributed by atoms with Gasteiger partial charge in [0.25, 0.3) is 0 Å². The molecule has 1 fully saturated rings. The van der Waals surface area contributed by atoms with Crippen LogP contribution in [0.25, 0.3) is 0 Å². The number of thioether (sulfide) groups is 1. The number of aromatic nitrogens is 1. The number of anilines is 1. The minimum absolute atomic E-state index is 0.0177. The maximum absolute atomic E-state index is 13.2. The maximum atomic E-state index is 13.2. The molecule has 3 rings (SSSR count). The van der Waals surface area contributed by atoms with E-state index in [2.05, 4.69) is 29.4 Å². The van der Waals surface area contributed by atoms with E-state index in [1.165, 1.54) is 28.7 Å². The zero-order valence-electron chi connectivity index (χ0n) is 19.3. The van der Waals surface area contributed by atoms with Gasteiger partial charge in [-0.3, -0.25) is 10.1 Å². The first-order chi connectivity index (χ1) is 15.9. The number of carbonyl (C=O) groups is 2. The summed E-state index contributed by atoms with van der Waals surface area (Å²) in [4.78, 5) is 30.2. The summed E-state index contributed by atoms with van der Waals surface area (Å²) in [6.07, 6.45) is 8.89. The lowest BCUT2D eigenvalue weighted by Crippen LogP contribution is -2.45. The van der Waals surface area contributed by atoms with Crippen LogP contribution < -0.4 is 10.1 Å². The summed E-state index contributed by atoms with van der Waals surface area (Å²) >= 11 is 2.53. The molecule has 1 aromatic carbocycles. The van der Waals surface area contributed by atoms with Crippen LogP contribution in [0.2, 0.25) is 0 Å². The fourth-order valence-corrected chi connectivity index (χ4v) is 5.67. The summed E-state index contributed by atoms with van der Waals surface area (Å²) in [5.74, 6) is 0.691. The van der Waals surface area contributed by atoms with Gasteiger partial charge in [-0.25, -0.2) is 9.78 Å². The smallest absolute Gasteiger partial charge is 0.323 e. The third-order valence-electron chi connectivity index (χ3n) is 6.00. The van der Waals surface area contributed by atoms with Gasteiger partial charge in [0.2, 0.25) is 0 Å². The Morgan fingerprint density at radius 1 is 1.21 bits per heavy atom. The number of amides is 2. The highest BCUT2D eigenvalue weighted by Crippen LogP contribution is 2.30. The molecule has 1 heterocycles. The summed E-state index contributed by atoms with van der Waals surface area (Å²) in [5.41, 5.74) is 1.27. The van der Waals surface area contributed by atoms with Gasteiger partial charge in [-0.05, 0) is 68.6 Å². The molecule has 0 radical (unpaired) electrons. The number of aryl methyl sites for hydroxylation is 1. The largest absolute Gasteiger partial charge is 0.497 e. The number of carbonyl (C=O) groups excluding carboxylic acids is 1. The number of ether oxygens (including phenoxy) is 1. The van der Waals surface area contributed by atoms with Crippen LogP contribution in [0.4, 0.5) is 9.93 Å². The molecule has 9 heteroatoms. The number of nitrogens with one attached hydrogen (secondary N) is 1. The Balaban J connectivity index is 1.55. The maximum Gasteiger partial charge on any atom is 0.323 e. The molecule has 0 spiro atoms. The van der Waals surface area contributed by atoms with Gasteiger partial charge < -0.3 is 14.7 Å². The van der Waals surface area contributed by atoms with E-state index in [1.807, 2.05) is 17.0 Å². The molecule has 2 amide bonds. The van der Waals surface area contributed by atoms with Crippen LogP contribution >= 0.6 is 23.1 Å². The number of nitrogens with zero attached hydrogens (tertiary/aromatic N) is 2. The summed E-state index contributed by atoms with van der Waals surface area (Å²) in [5, 5.41) is 12.3. The van der Waals surface area contributed by atoms with Crippen molar-refractivity contribution in [3.05, 3.63) is 36.0 Å². The lowest BCUT2D eigenvalue weighted by Gasteiger charge is -2.36. The summed E-state index contributed by atoms with van der Waals surface area (Å²) in [6, 6.07) is 8.29. The van der Waals surface area contributed by atoms with E-state index < -0.39 is 5.97 Å². The van der Waals surface area contributed by atoms with Gasteiger partial charge in [0.1, 0.15) is 5.75 Å². The van der Waals surface area contributed by atoms with Crippen molar-refractivity contribution < 1.29 is 19.4 Å². The van der Waals surface area contributed by atoms with E-state index in [-0.39, 0.29) is 17.8 Å². The number of rotatable bonds is 11. The fraction of sp³-hybridized carbons (Fsp3) is 0.542. The highest BCUT2D eigenvalue weighted by Gasteiger charge is 2.27. The predicted octanol–water partition coefficient (Wildman–Crippen LogP) is 5.76. The molecule has 7 nitrogen and oxygen atoms in total. The molecule has 0 bridgehead atoms. The van der Waals surface area contributed by atoms with Gasteiger partial charge in [0, 0.05) is 12.6 Å². The van der Waals surface area contributed by atoms with E-state index in [4.69, 9.17) is 9.84 Å². The monoisotopic (exact) mass is 491 g/mol. The SMILES string of the molecule is COc1ccc(CCCCN(C(=O)Nc2ncc(SCC(=O)O)s2)[C@H]2CC[C@H](C)CC2)cc1. The normalized spacial score (nSPS) is 18.0. The molecule has 1 saturated carbocycles. The van der Waals surface area contributed by atoms with Crippen molar-refractivity contribution in [3.8, 4) is 5.75 Å². The van der Waals surface area contributed by atoms with E-state index in [0.717, 1.165) is 54.9 Å². The molecule has 33 heavy (non-hydrogen) atoms. The van der Waals surface area contributed by atoms with Gasteiger partial charge >= 0.3 is 12.0 Å². The van der Waals surface area contributed by atoms with Gasteiger partial charge in [-0.2, -0.15) is 0 Å². The molecule has 1 aliphatic rings. The number of hydrogen-bond acceptors (Lipinski definition) is 6. The second kappa shape index (κ2) is 12.8. The lowest BCUT2D eigenvalue weighted by atomic mass is 9.86. The standard InChI is InChI=1S/C24H33N3O4S2/c1-17-6-10-19(11-7-17)27(14-4-3-5-18-8-12-20(31-2)13-9-18)24(30)26-23-25-15-22(33-23)32-16-21(28)29/h8-9,12-13,15,17,19H,3-7,10-11,14,16H2,1-2H3,(H,28,29)(H,25,26,30)/t17-,19-. The van der Waals surface area contributed by atoms with Crippen LogP contribution in [0.5, 0.6) is 5.75 Å². The second-order valence-corrected chi connectivity index (χ2v) is 10.8. The van der Waals surface area contributed by atoms with Crippen molar-refractivity contribution in [1.82, 2.24) is 9.88 Å². The third kappa shape index (κ3) is 8.23. The quantitative estimate of drug-likeness (QED) is 0.307. The first-order valence-electron chi connectivity index (χ1n) is 11.5. The van der Waals surface area contributed by atoms with Crippen LogP contribution in [0.3, 0.4) is 0 Å². The molecule has 0 unspecified atom stereocenters. The van der Waals surface area contributed by atoms with Gasteiger partial charge in [0.05, 0.1) is 23.3 Å². The number of methoxy groups -OCH3 is 1. The molecule has 0 saturated heterocycles. The number of aliphatic carboxylic acids is 1. The molecule has 0 atom stereocenters. The molecule has 2 aromatic rings. The molecule has 1 aromatic heterocycles.